The van der Waals surface area contributed by atoms with E-state index in [0.29, 0.717) is 36.3 Å². The molecule has 0 saturated heterocycles. The fraction of sp³-hybridized carbons (Fsp3) is 0.588. The highest BCUT2D eigenvalue weighted by Crippen LogP contribution is 2.53. The summed E-state index contributed by atoms with van der Waals surface area (Å²) in [5.74, 6) is 0.702. The number of benzene rings is 2. The van der Waals surface area contributed by atoms with Gasteiger partial charge in [0.15, 0.2) is 23.0 Å². The molecule has 8 nitrogen and oxygen atoms in total. The van der Waals surface area contributed by atoms with Crippen molar-refractivity contribution in [2.24, 2.45) is 11.3 Å². The van der Waals surface area contributed by atoms with Gasteiger partial charge in [-0.25, -0.2) is 0 Å². The van der Waals surface area contributed by atoms with Gasteiger partial charge in [-0.3, -0.25) is 9.59 Å². The van der Waals surface area contributed by atoms with Crippen molar-refractivity contribution < 1.29 is 39.1 Å². The van der Waals surface area contributed by atoms with Crippen LogP contribution in [0.15, 0.2) is 36.4 Å². The molecule has 0 heterocycles. The zero-order chi connectivity index (χ0) is 30.1. The Hall–Kier alpha value is -3.26. The largest absolute Gasteiger partial charge is 0.504 e. The van der Waals surface area contributed by atoms with E-state index >= 15 is 0 Å². The van der Waals surface area contributed by atoms with Crippen LogP contribution in [0.3, 0.4) is 0 Å². The third-order valence-corrected chi connectivity index (χ3v) is 9.32. The summed E-state index contributed by atoms with van der Waals surface area (Å²) in [4.78, 5) is 25.5. The number of esters is 1. The first-order chi connectivity index (χ1) is 20.2. The van der Waals surface area contributed by atoms with E-state index in [1.54, 1.807) is 18.2 Å². The minimum atomic E-state index is -0.575. The molecule has 2 aliphatic carbocycles. The second-order valence-electron chi connectivity index (χ2n) is 12.2. The standard InChI is InChI=1S/C34H46O8/c1-23(36)42-28(8-5-24-6-9-31(39)33(19-24)41-18-17-35)21-27(37)22-29(26-7-10-30(38)32(20-26)40-2)25-11-15-34(16-12-25)13-3-4-14-34/h6-7,9-10,19-20,25,28-29,35,38-39H,3-5,8,11-18,21-22H2,1-2H3. The highest BCUT2D eigenvalue weighted by atomic mass is 16.5. The van der Waals surface area contributed by atoms with Gasteiger partial charge in [0.05, 0.1) is 13.7 Å². The first-order valence-electron chi connectivity index (χ1n) is 15.3. The summed E-state index contributed by atoms with van der Waals surface area (Å²) in [5, 5.41) is 29.3. The number of carbonyl (C=O) groups is 2. The van der Waals surface area contributed by atoms with E-state index in [-0.39, 0.29) is 48.6 Å². The molecular formula is C34H46O8. The molecule has 2 unspecified atom stereocenters. The molecule has 42 heavy (non-hydrogen) atoms. The Balaban J connectivity index is 1.45. The average Bonchev–Trinajstić information content (AvgIpc) is 3.43. The van der Waals surface area contributed by atoms with Crippen molar-refractivity contribution >= 4 is 11.8 Å². The molecule has 2 aromatic rings. The number of Topliss-reactive ketones (excluding diaryl/α,β-unsaturated/α-hetero) is 1. The summed E-state index contributed by atoms with van der Waals surface area (Å²) < 4.78 is 16.4. The molecule has 0 aliphatic heterocycles. The van der Waals surface area contributed by atoms with Crippen molar-refractivity contribution in [1.82, 2.24) is 0 Å². The van der Waals surface area contributed by atoms with Crippen molar-refractivity contribution in [3.05, 3.63) is 47.5 Å². The lowest BCUT2D eigenvalue weighted by molar-refractivity contribution is -0.147. The first kappa shape index (κ1) is 31.7. The van der Waals surface area contributed by atoms with Crippen LogP contribution in [-0.2, 0) is 20.7 Å². The van der Waals surface area contributed by atoms with E-state index in [0.717, 1.165) is 24.0 Å². The number of phenols is 2. The number of ketones is 1. The van der Waals surface area contributed by atoms with Crippen LogP contribution >= 0.6 is 0 Å². The van der Waals surface area contributed by atoms with E-state index in [1.807, 2.05) is 12.1 Å². The lowest BCUT2D eigenvalue weighted by Crippen LogP contribution is -2.29. The molecule has 0 radical (unpaired) electrons. The molecule has 2 atom stereocenters. The van der Waals surface area contributed by atoms with Gasteiger partial charge in [0, 0.05) is 19.8 Å². The molecule has 0 bridgehead atoms. The summed E-state index contributed by atoms with van der Waals surface area (Å²) in [5.41, 5.74) is 2.34. The maximum absolute atomic E-state index is 13.6. The number of aliphatic hydroxyl groups excluding tert-OH is 1. The fourth-order valence-electron chi connectivity index (χ4n) is 7.09. The molecule has 230 valence electrons. The molecule has 0 amide bonds. The van der Waals surface area contributed by atoms with Crippen LogP contribution in [0.5, 0.6) is 23.0 Å². The SMILES string of the molecule is COc1cc(C(CC(=O)CC(CCc2ccc(O)c(OCCO)c2)OC(C)=O)C2CCC3(CCCC3)CC2)ccc1O. The topological polar surface area (TPSA) is 123 Å². The van der Waals surface area contributed by atoms with Crippen LogP contribution in [0.25, 0.3) is 0 Å². The number of ether oxygens (including phenoxy) is 3. The van der Waals surface area contributed by atoms with Gasteiger partial charge >= 0.3 is 5.97 Å². The van der Waals surface area contributed by atoms with Crippen LogP contribution in [0.4, 0.5) is 0 Å². The smallest absolute Gasteiger partial charge is 0.302 e. The Labute approximate surface area is 249 Å². The average molecular weight is 583 g/mol. The monoisotopic (exact) mass is 582 g/mol. The number of aromatic hydroxyl groups is 2. The molecule has 2 aromatic carbocycles. The maximum atomic E-state index is 13.6. The van der Waals surface area contributed by atoms with Crippen LogP contribution in [-0.4, -0.2) is 53.5 Å². The third-order valence-electron chi connectivity index (χ3n) is 9.32. The van der Waals surface area contributed by atoms with Gasteiger partial charge in [-0.05, 0) is 104 Å². The number of carbonyl (C=O) groups excluding carboxylic acids is 2. The van der Waals surface area contributed by atoms with Gasteiger partial charge in [-0.2, -0.15) is 0 Å². The molecule has 1 spiro atoms. The van der Waals surface area contributed by atoms with Crippen LogP contribution in [0.1, 0.15) is 94.6 Å². The lowest BCUT2D eigenvalue weighted by atomic mass is 9.65. The summed E-state index contributed by atoms with van der Waals surface area (Å²) in [6, 6.07) is 10.4. The van der Waals surface area contributed by atoms with Gasteiger partial charge in [0.25, 0.3) is 0 Å². The molecule has 2 saturated carbocycles. The summed E-state index contributed by atoms with van der Waals surface area (Å²) >= 11 is 0. The van der Waals surface area contributed by atoms with Crippen LogP contribution < -0.4 is 9.47 Å². The minimum Gasteiger partial charge on any atom is -0.504 e. The van der Waals surface area contributed by atoms with E-state index in [9.17, 15) is 19.8 Å². The van der Waals surface area contributed by atoms with Gasteiger partial charge < -0.3 is 29.5 Å². The molecule has 4 rings (SSSR count). The number of methoxy groups -OCH3 is 1. The maximum Gasteiger partial charge on any atom is 0.302 e. The summed E-state index contributed by atoms with van der Waals surface area (Å²) in [7, 11) is 1.53. The second kappa shape index (κ2) is 14.8. The Morgan fingerprint density at radius 2 is 1.64 bits per heavy atom. The predicted octanol–water partition coefficient (Wildman–Crippen LogP) is 6.23. The highest BCUT2D eigenvalue weighted by molar-refractivity contribution is 5.80. The number of aliphatic hydroxyl groups is 1. The lowest BCUT2D eigenvalue weighted by Gasteiger charge is -2.40. The number of phenolic OH excluding ortho intramolecular Hbond substituents is 2. The van der Waals surface area contributed by atoms with Gasteiger partial charge in [-0.15, -0.1) is 0 Å². The van der Waals surface area contributed by atoms with E-state index in [1.165, 1.54) is 58.6 Å². The minimum absolute atomic E-state index is 0.00735. The fourth-order valence-corrected chi connectivity index (χ4v) is 7.09. The normalized spacial score (nSPS) is 18.0. The number of aryl methyl sites for hydroxylation is 1. The molecular weight excluding hydrogens is 536 g/mol. The Morgan fingerprint density at radius 1 is 0.952 bits per heavy atom. The molecule has 8 heteroatoms. The van der Waals surface area contributed by atoms with Crippen LogP contribution in [0, 0.1) is 11.3 Å². The molecule has 0 aromatic heterocycles. The number of hydrogen-bond acceptors (Lipinski definition) is 8. The second-order valence-corrected chi connectivity index (χ2v) is 12.2. The third kappa shape index (κ3) is 8.40. The zero-order valence-corrected chi connectivity index (χ0v) is 25.0. The van der Waals surface area contributed by atoms with Gasteiger partial charge in [0.1, 0.15) is 18.5 Å². The first-order valence-corrected chi connectivity index (χ1v) is 15.3. The Kier molecular flexibility index (Phi) is 11.1. The number of hydrogen-bond donors (Lipinski definition) is 3. The molecule has 2 aliphatic rings. The van der Waals surface area contributed by atoms with Crippen molar-refractivity contribution in [1.29, 1.82) is 0 Å². The van der Waals surface area contributed by atoms with Crippen molar-refractivity contribution in [2.45, 2.75) is 96.0 Å². The molecule has 3 N–H and O–H groups in total. The van der Waals surface area contributed by atoms with Crippen molar-refractivity contribution in [3.8, 4) is 23.0 Å². The summed E-state index contributed by atoms with van der Waals surface area (Å²) in [6.45, 7) is 1.25. The Bertz CT molecular complexity index is 1190. The Morgan fingerprint density at radius 3 is 2.31 bits per heavy atom. The van der Waals surface area contributed by atoms with E-state index in [2.05, 4.69) is 0 Å². The zero-order valence-electron chi connectivity index (χ0n) is 25.0. The summed E-state index contributed by atoms with van der Waals surface area (Å²) in [6.07, 6.45) is 10.7. The predicted molar refractivity (Wildman–Crippen MR) is 159 cm³/mol. The quantitative estimate of drug-likeness (QED) is 0.224. The molecule has 2 fully saturated rings. The van der Waals surface area contributed by atoms with Crippen molar-refractivity contribution in [2.75, 3.05) is 20.3 Å². The van der Waals surface area contributed by atoms with Crippen molar-refractivity contribution in [3.63, 3.8) is 0 Å². The highest BCUT2D eigenvalue weighted by Gasteiger charge is 2.40. The van der Waals surface area contributed by atoms with E-state index < -0.39 is 12.1 Å². The van der Waals surface area contributed by atoms with E-state index in [4.69, 9.17) is 19.3 Å². The van der Waals surface area contributed by atoms with Gasteiger partial charge in [-0.1, -0.05) is 25.0 Å². The number of rotatable bonds is 14. The van der Waals surface area contributed by atoms with Crippen LogP contribution in [0.2, 0.25) is 0 Å². The van der Waals surface area contributed by atoms with Gasteiger partial charge in [0.2, 0.25) is 0 Å².